The third-order valence-electron chi connectivity index (χ3n) is 1.17. The molecule has 56 valence electrons. The summed E-state index contributed by atoms with van der Waals surface area (Å²) in [6.45, 7) is 1.06. The van der Waals surface area contributed by atoms with E-state index in [0.717, 1.165) is 12.0 Å². The Hall–Kier alpha value is 3.46. The van der Waals surface area contributed by atoms with Gasteiger partial charge in [-0.05, 0) is 18.7 Å². The zero-order valence-corrected chi connectivity index (χ0v) is 18.0. The first-order valence-corrected chi connectivity index (χ1v) is 3.32. The molecule has 0 spiro atoms. The maximum Gasteiger partial charge on any atom is 1.00 e. The van der Waals surface area contributed by atoms with Crippen molar-refractivity contribution in [3.05, 3.63) is 5.75 Å². The Morgan fingerprint density at radius 2 is 2.09 bits per heavy atom. The maximum atomic E-state index is 9.21. The van der Waals surface area contributed by atoms with Crippen molar-refractivity contribution in [1.82, 2.24) is 5.32 Å². The number of nitrogens with one attached hydrogen (secondary N) is 1. The van der Waals surface area contributed by atoms with Crippen LogP contribution in [0, 0.1) is 50.8 Å². The molecule has 0 saturated carbocycles. The standard InChI is InChI=1S/C4H8NO3S.Ra.Rb/c6-4(1-5-2-4)3-9-8-7;;/h3,5-7H,1-2H2;;/q-1;;+1. The molecular weight excluding hydrogens is 454 g/mol. The predicted octanol–water partition coefficient (Wildman–Crippen LogP) is -3.38. The molecule has 1 aliphatic rings. The van der Waals surface area contributed by atoms with Crippen molar-refractivity contribution in [1.29, 1.82) is 0 Å². The minimum atomic E-state index is -0.784. The van der Waals surface area contributed by atoms with Crippen LogP contribution < -0.4 is 63.5 Å². The summed E-state index contributed by atoms with van der Waals surface area (Å²) in [6.07, 6.45) is 0. The van der Waals surface area contributed by atoms with E-state index in [-0.39, 0.29) is 103 Å². The molecule has 0 aromatic rings. The molecule has 0 aromatic carbocycles. The Balaban J connectivity index is 0. The van der Waals surface area contributed by atoms with Gasteiger partial charge in [0.1, 0.15) is 0 Å². The Morgan fingerprint density at radius 3 is 2.36 bits per heavy atom. The van der Waals surface area contributed by atoms with Gasteiger partial charge >= 0.3 is 58.2 Å². The Labute approximate surface area is 156 Å². The monoisotopic (exact) mass is 461 g/mol. The smallest absolute Gasteiger partial charge is 0.418 e. The van der Waals surface area contributed by atoms with Gasteiger partial charge in [-0.2, -0.15) is 12.0 Å². The van der Waals surface area contributed by atoms with Crippen molar-refractivity contribution in [3.63, 3.8) is 0 Å². The average Bonchev–Trinajstić information content (AvgIpc) is 1.79. The van der Waals surface area contributed by atoms with E-state index in [9.17, 15) is 5.11 Å². The van der Waals surface area contributed by atoms with Gasteiger partial charge in [0.2, 0.25) is 0 Å². The normalized spacial score (nSPS) is 19.1. The molecule has 7 heteroatoms. The van der Waals surface area contributed by atoms with Crippen molar-refractivity contribution in [2.24, 2.45) is 0 Å². The van der Waals surface area contributed by atoms with Crippen LogP contribution in [0.15, 0.2) is 0 Å². The van der Waals surface area contributed by atoms with Crippen molar-refractivity contribution in [2.45, 2.75) is 5.60 Å². The summed E-state index contributed by atoms with van der Waals surface area (Å²) in [4.78, 5) is 0. The molecule has 1 rings (SSSR count). The molecule has 0 aliphatic carbocycles. The Morgan fingerprint density at radius 1 is 1.55 bits per heavy atom. The van der Waals surface area contributed by atoms with Crippen LogP contribution in [-0.2, 0) is 4.33 Å². The van der Waals surface area contributed by atoms with Crippen LogP contribution in [0.3, 0.4) is 0 Å². The summed E-state index contributed by atoms with van der Waals surface area (Å²) in [6, 6.07) is 0. The molecule has 1 saturated heterocycles. The summed E-state index contributed by atoms with van der Waals surface area (Å²) < 4.78 is 3.69. The quantitative estimate of drug-likeness (QED) is 0.177. The maximum absolute atomic E-state index is 9.21. The summed E-state index contributed by atoms with van der Waals surface area (Å²) in [7, 11) is 0. The second-order valence-corrected chi connectivity index (χ2v) is 2.57. The fraction of sp³-hybridized carbons (Fsp3) is 0.750. The van der Waals surface area contributed by atoms with Crippen LogP contribution in [-0.4, -0.2) is 29.1 Å². The number of aliphatic hydroxyl groups is 1. The van der Waals surface area contributed by atoms with E-state index in [1.807, 2.05) is 0 Å². The number of hydrogen-bond donors (Lipinski definition) is 3. The average molecular weight is 462 g/mol. The van der Waals surface area contributed by atoms with Crippen molar-refractivity contribution < 1.29 is 118 Å². The molecule has 11 heavy (non-hydrogen) atoms. The summed E-state index contributed by atoms with van der Waals surface area (Å²) in [5.41, 5.74) is -0.784. The third-order valence-corrected chi connectivity index (χ3v) is 1.79. The van der Waals surface area contributed by atoms with Crippen molar-refractivity contribution in [3.8, 4) is 0 Å². The van der Waals surface area contributed by atoms with Gasteiger partial charge < -0.3 is 10.4 Å². The van der Waals surface area contributed by atoms with Gasteiger partial charge in [0.15, 0.2) is 0 Å². The molecule has 4 nitrogen and oxygen atoms in total. The predicted molar refractivity (Wildman–Crippen MR) is 33.4 cm³/mol. The topological polar surface area (TPSA) is 61.7 Å². The zero-order valence-electron chi connectivity index (χ0n) is 6.41. The molecule has 0 amide bonds. The first-order valence-electron chi connectivity index (χ1n) is 2.51. The molecule has 3 N–H and O–H groups in total. The van der Waals surface area contributed by atoms with Crippen LogP contribution >= 0.6 is 12.0 Å². The van der Waals surface area contributed by atoms with Gasteiger partial charge in [0.05, 0.1) is 0 Å². The van der Waals surface area contributed by atoms with Crippen molar-refractivity contribution >= 4 is 12.0 Å². The van der Waals surface area contributed by atoms with E-state index >= 15 is 0 Å². The Bertz CT molecular complexity index is 105. The van der Waals surface area contributed by atoms with Crippen LogP contribution in [0.25, 0.3) is 0 Å². The van der Waals surface area contributed by atoms with Gasteiger partial charge in [-0.1, -0.05) is 0 Å². The molecule has 1 aliphatic heterocycles. The molecule has 1 heterocycles. The largest absolute Gasteiger partial charge is 1.00 e. The number of rotatable bonds is 3. The molecule has 0 atom stereocenters. The van der Waals surface area contributed by atoms with Crippen LogP contribution in [0.1, 0.15) is 0 Å². The van der Waals surface area contributed by atoms with Crippen LogP contribution in [0.2, 0.25) is 0 Å². The van der Waals surface area contributed by atoms with Gasteiger partial charge in [-0.3, -0.25) is 0 Å². The SMILES string of the molecule is OOS[CH-]C1(O)CNC1.[Ra].[Rb+]. The molecule has 2 radical (unpaired) electrons. The Kier molecular flexibility index (Phi) is 13.4. The first-order chi connectivity index (χ1) is 4.27. The van der Waals surface area contributed by atoms with E-state index in [0.29, 0.717) is 13.1 Å². The molecular formula is C4H8NO3RaRbS. The molecule has 0 bridgehead atoms. The number of hydrogen-bond acceptors (Lipinski definition) is 5. The van der Waals surface area contributed by atoms with Crippen molar-refractivity contribution in [2.75, 3.05) is 13.1 Å². The van der Waals surface area contributed by atoms with E-state index in [1.54, 1.807) is 0 Å². The van der Waals surface area contributed by atoms with Crippen LogP contribution in [0.4, 0.5) is 0 Å². The number of β-amino-alcohol motifs (C(OH)–C–C–N with tert-alkyl or cyclic N) is 1. The van der Waals surface area contributed by atoms with Gasteiger partial charge in [0, 0.05) is 45.0 Å². The fourth-order valence-corrected chi connectivity index (χ4v) is 0.964. The zero-order chi connectivity index (χ0) is 6.74. The van der Waals surface area contributed by atoms with E-state index in [2.05, 4.69) is 9.65 Å². The second-order valence-electron chi connectivity index (χ2n) is 2.00. The molecule has 0 unspecified atom stereocenters. The van der Waals surface area contributed by atoms with E-state index in [1.165, 1.54) is 5.75 Å². The van der Waals surface area contributed by atoms with E-state index < -0.39 is 5.60 Å². The third kappa shape index (κ3) is 6.53. The van der Waals surface area contributed by atoms with E-state index in [4.69, 9.17) is 5.26 Å². The molecule has 1 fully saturated rings. The summed E-state index contributed by atoms with van der Waals surface area (Å²) >= 11 is 0.731. The summed E-state index contributed by atoms with van der Waals surface area (Å²) in [5, 5.41) is 19.9. The van der Waals surface area contributed by atoms with Gasteiger partial charge in [0.25, 0.3) is 0 Å². The second kappa shape index (κ2) is 8.75. The van der Waals surface area contributed by atoms with Gasteiger partial charge in [-0.15, -0.1) is 0 Å². The fourth-order valence-electron chi connectivity index (χ4n) is 0.576. The first kappa shape index (κ1) is 16.9. The summed E-state index contributed by atoms with van der Waals surface area (Å²) in [5.74, 6) is 1.45. The minimum Gasteiger partial charge on any atom is -0.418 e. The van der Waals surface area contributed by atoms with Crippen LogP contribution in [0.5, 0.6) is 0 Å². The van der Waals surface area contributed by atoms with Gasteiger partial charge in [-0.25, -0.2) is 15.3 Å². The minimum absolute atomic E-state index is 0. The molecule has 0 aromatic heterocycles.